The van der Waals surface area contributed by atoms with Crippen molar-refractivity contribution in [3.63, 3.8) is 0 Å². The van der Waals surface area contributed by atoms with Crippen molar-refractivity contribution in [1.29, 1.82) is 0 Å². The van der Waals surface area contributed by atoms with E-state index in [9.17, 15) is 22.8 Å². The second-order valence-corrected chi connectivity index (χ2v) is 10.9. The lowest BCUT2D eigenvalue weighted by Gasteiger charge is -2.28. The maximum atomic E-state index is 12.4. The second-order valence-electron chi connectivity index (χ2n) is 10.9. The summed E-state index contributed by atoms with van der Waals surface area (Å²) in [6.07, 6.45) is -0.835. The molecule has 2 N–H and O–H groups in total. The number of rotatable bonds is 9. The van der Waals surface area contributed by atoms with Crippen molar-refractivity contribution < 1.29 is 27.5 Å². The van der Waals surface area contributed by atoms with Gasteiger partial charge in [-0.05, 0) is 73.7 Å². The summed E-state index contributed by atoms with van der Waals surface area (Å²) in [7, 11) is 0. The van der Waals surface area contributed by atoms with Gasteiger partial charge in [-0.3, -0.25) is 9.59 Å². The Hall–Kier alpha value is -4.87. The molecule has 2 aromatic heterocycles. The molecule has 2 aromatic carbocycles. The van der Waals surface area contributed by atoms with E-state index in [1.54, 1.807) is 12.1 Å². The smallest absolute Gasteiger partial charge is 0.406 e. The minimum atomic E-state index is -4.77. The van der Waals surface area contributed by atoms with Crippen molar-refractivity contribution in [3.8, 4) is 5.75 Å². The van der Waals surface area contributed by atoms with Crippen LogP contribution in [-0.4, -0.2) is 38.6 Å². The molecule has 0 saturated heterocycles. The first-order valence-corrected chi connectivity index (χ1v) is 14.3. The van der Waals surface area contributed by atoms with Gasteiger partial charge in [-0.25, -0.2) is 0 Å². The molecule has 5 rings (SSSR count). The predicted molar refractivity (Wildman–Crippen MR) is 157 cm³/mol. The Bertz CT molecular complexity index is 1560. The van der Waals surface area contributed by atoms with Crippen molar-refractivity contribution in [3.05, 3.63) is 101 Å². The molecular formula is C32H31F3N6O3. The van der Waals surface area contributed by atoms with E-state index in [-0.39, 0.29) is 48.1 Å². The molecule has 1 fully saturated rings. The molecular weight excluding hydrogens is 573 g/mol. The van der Waals surface area contributed by atoms with Gasteiger partial charge in [-0.15, -0.1) is 23.4 Å². The van der Waals surface area contributed by atoms with Crippen molar-refractivity contribution in [2.75, 3.05) is 10.6 Å². The molecule has 0 bridgehead atoms. The Balaban J connectivity index is 1.11. The summed E-state index contributed by atoms with van der Waals surface area (Å²) in [6.45, 7) is 2.00. The normalized spacial score (nSPS) is 16.6. The number of alkyl halides is 3. The SMILES string of the molecule is Cc1ccc(CC(=O)Nc2ccc([C@H]3CCC[C@H](c4ccc(NC(=O)Cc5ccc(OC(F)(F)F)cc5)nn4)C3)nn2)cc1. The third-order valence-electron chi connectivity index (χ3n) is 7.42. The van der Waals surface area contributed by atoms with Gasteiger partial charge in [0.25, 0.3) is 0 Å². The zero-order valence-electron chi connectivity index (χ0n) is 24.0. The molecule has 4 aromatic rings. The topological polar surface area (TPSA) is 119 Å². The van der Waals surface area contributed by atoms with Gasteiger partial charge < -0.3 is 15.4 Å². The first-order chi connectivity index (χ1) is 21.1. The summed E-state index contributed by atoms with van der Waals surface area (Å²) in [5.74, 6) is 0.174. The van der Waals surface area contributed by atoms with Crippen LogP contribution in [0.4, 0.5) is 24.8 Å². The van der Waals surface area contributed by atoms with E-state index < -0.39 is 6.36 Å². The number of benzene rings is 2. The molecule has 2 heterocycles. The van der Waals surface area contributed by atoms with Crippen LogP contribution in [0.25, 0.3) is 0 Å². The molecule has 2 atom stereocenters. The fourth-order valence-electron chi connectivity index (χ4n) is 5.24. The average molecular weight is 605 g/mol. The number of anilines is 2. The van der Waals surface area contributed by atoms with Crippen LogP contribution < -0.4 is 15.4 Å². The zero-order chi connectivity index (χ0) is 31.1. The molecule has 44 heavy (non-hydrogen) atoms. The number of carbonyl (C=O) groups is 2. The van der Waals surface area contributed by atoms with E-state index in [0.29, 0.717) is 11.4 Å². The van der Waals surface area contributed by atoms with Crippen LogP contribution >= 0.6 is 0 Å². The summed E-state index contributed by atoms with van der Waals surface area (Å²) in [5.41, 5.74) is 4.27. The Morgan fingerprint density at radius 1 is 0.727 bits per heavy atom. The maximum absolute atomic E-state index is 12.4. The molecule has 2 amide bonds. The van der Waals surface area contributed by atoms with Crippen molar-refractivity contribution in [2.24, 2.45) is 0 Å². The lowest BCUT2D eigenvalue weighted by atomic mass is 9.78. The van der Waals surface area contributed by atoms with Gasteiger partial charge in [-0.1, -0.05) is 48.4 Å². The van der Waals surface area contributed by atoms with Crippen molar-refractivity contribution in [2.45, 2.75) is 63.6 Å². The number of aromatic nitrogens is 4. The van der Waals surface area contributed by atoms with Crippen molar-refractivity contribution >= 4 is 23.5 Å². The monoisotopic (exact) mass is 604 g/mol. The summed E-state index contributed by atoms with van der Waals surface area (Å²) in [6, 6.07) is 20.2. The van der Waals surface area contributed by atoms with Crippen LogP contribution in [0.1, 0.15) is 65.6 Å². The van der Waals surface area contributed by atoms with Gasteiger partial charge in [0, 0.05) is 11.8 Å². The largest absolute Gasteiger partial charge is 0.573 e. The highest BCUT2D eigenvalue weighted by molar-refractivity contribution is 5.91. The maximum Gasteiger partial charge on any atom is 0.573 e. The predicted octanol–water partition coefficient (Wildman–Crippen LogP) is 6.28. The summed E-state index contributed by atoms with van der Waals surface area (Å²) in [5, 5.41) is 22.6. The number of nitrogens with one attached hydrogen (secondary N) is 2. The number of ether oxygens (including phenoxy) is 1. The first-order valence-electron chi connectivity index (χ1n) is 14.3. The van der Waals surface area contributed by atoms with E-state index in [1.807, 2.05) is 43.3 Å². The number of halogens is 3. The second kappa shape index (κ2) is 13.6. The molecule has 228 valence electrons. The van der Waals surface area contributed by atoms with E-state index in [0.717, 1.165) is 60.3 Å². The van der Waals surface area contributed by atoms with E-state index in [2.05, 4.69) is 35.8 Å². The highest BCUT2D eigenvalue weighted by atomic mass is 19.4. The summed E-state index contributed by atoms with van der Waals surface area (Å²) >= 11 is 0. The molecule has 0 radical (unpaired) electrons. The van der Waals surface area contributed by atoms with Gasteiger partial charge in [0.05, 0.1) is 24.2 Å². The van der Waals surface area contributed by atoms with E-state index in [1.165, 1.54) is 12.1 Å². The molecule has 1 aliphatic rings. The van der Waals surface area contributed by atoms with E-state index in [4.69, 9.17) is 0 Å². The van der Waals surface area contributed by atoms with Gasteiger partial charge in [0.15, 0.2) is 11.6 Å². The Labute approximate surface area is 252 Å². The third-order valence-corrected chi connectivity index (χ3v) is 7.42. The molecule has 0 spiro atoms. The molecule has 9 nitrogen and oxygen atoms in total. The third kappa shape index (κ3) is 8.82. The van der Waals surface area contributed by atoms with Crippen molar-refractivity contribution in [1.82, 2.24) is 20.4 Å². The highest BCUT2D eigenvalue weighted by Crippen LogP contribution is 2.40. The molecule has 0 aliphatic heterocycles. The van der Waals surface area contributed by atoms with Gasteiger partial charge in [0.2, 0.25) is 11.8 Å². The standard InChI is InChI=1S/C32H31F3N6O3/c1-20-5-7-21(8-6-20)17-30(42)36-28-15-13-26(38-40-28)23-3-2-4-24(19-23)27-14-16-29(41-39-27)37-31(43)18-22-9-11-25(12-10-22)44-32(33,34)35/h5-16,23-24H,2-4,17-19H2,1H3,(H,36,40,42)(H,37,41,43)/t23-,24-/m0/s1. The first kappa shape index (κ1) is 30.6. The van der Waals surface area contributed by atoms with E-state index >= 15 is 0 Å². The number of amides is 2. The van der Waals surface area contributed by atoms with Gasteiger partial charge in [-0.2, -0.15) is 10.2 Å². The number of nitrogens with zero attached hydrogens (tertiary/aromatic N) is 4. The Morgan fingerprint density at radius 3 is 1.64 bits per heavy atom. The molecule has 0 unspecified atom stereocenters. The number of hydrogen-bond acceptors (Lipinski definition) is 7. The average Bonchev–Trinajstić information content (AvgIpc) is 2.99. The van der Waals surface area contributed by atoms with Crippen LogP contribution in [0.5, 0.6) is 5.75 Å². The van der Waals surface area contributed by atoms with Crippen LogP contribution in [0, 0.1) is 6.92 Å². The molecule has 1 saturated carbocycles. The van der Waals surface area contributed by atoms with Crippen LogP contribution in [0.3, 0.4) is 0 Å². The Morgan fingerprint density at radius 2 is 1.20 bits per heavy atom. The van der Waals surface area contributed by atoms with Crippen LogP contribution in [-0.2, 0) is 22.4 Å². The zero-order valence-corrected chi connectivity index (χ0v) is 24.0. The highest BCUT2D eigenvalue weighted by Gasteiger charge is 2.31. The lowest BCUT2D eigenvalue weighted by Crippen LogP contribution is -2.19. The fourth-order valence-corrected chi connectivity index (χ4v) is 5.24. The van der Waals surface area contributed by atoms with Crippen LogP contribution in [0.2, 0.25) is 0 Å². The summed E-state index contributed by atoms with van der Waals surface area (Å²) < 4.78 is 40.8. The van der Waals surface area contributed by atoms with Gasteiger partial charge in [0.1, 0.15) is 5.75 Å². The summed E-state index contributed by atoms with van der Waals surface area (Å²) in [4.78, 5) is 24.8. The lowest BCUT2D eigenvalue weighted by molar-refractivity contribution is -0.274. The fraction of sp³-hybridized carbons (Fsp3) is 0.312. The van der Waals surface area contributed by atoms with Crippen LogP contribution in [0.15, 0.2) is 72.8 Å². The Kier molecular flexibility index (Phi) is 9.47. The molecule has 1 aliphatic carbocycles. The number of carbonyl (C=O) groups excluding carboxylic acids is 2. The minimum absolute atomic E-state index is 0.0454. The molecule has 12 heteroatoms. The minimum Gasteiger partial charge on any atom is -0.406 e. The van der Waals surface area contributed by atoms with Gasteiger partial charge >= 0.3 is 6.36 Å². The number of aryl methyl sites for hydroxylation is 1. The number of hydrogen-bond donors (Lipinski definition) is 2. The quantitative estimate of drug-likeness (QED) is 0.231.